The molecule has 0 radical (unpaired) electrons. The normalized spacial score (nSPS) is 23.0. The van der Waals surface area contributed by atoms with Crippen LogP contribution in [0.5, 0.6) is 0 Å². The van der Waals surface area contributed by atoms with Gasteiger partial charge in [0.1, 0.15) is 0 Å². The molecule has 5 nitrogen and oxygen atoms in total. The molecule has 1 amide bonds. The highest BCUT2D eigenvalue weighted by molar-refractivity contribution is 5.93. The van der Waals surface area contributed by atoms with Gasteiger partial charge in [-0.2, -0.15) is 0 Å². The van der Waals surface area contributed by atoms with Crippen molar-refractivity contribution in [2.24, 2.45) is 5.92 Å². The van der Waals surface area contributed by atoms with E-state index in [0.717, 1.165) is 11.3 Å². The van der Waals surface area contributed by atoms with Crippen LogP contribution in [0.1, 0.15) is 5.56 Å². The molecule has 1 aliphatic rings. The third kappa shape index (κ3) is 2.87. The molecule has 0 aliphatic carbocycles. The number of nitrogens with one attached hydrogen (secondary N) is 2. The molecular weight excluding hydrogens is 232 g/mol. The molecule has 1 heterocycles. The third-order valence-electron chi connectivity index (χ3n) is 3.19. The predicted molar refractivity (Wildman–Crippen MR) is 68.2 cm³/mol. The van der Waals surface area contributed by atoms with Crippen molar-refractivity contribution in [2.45, 2.75) is 12.6 Å². The summed E-state index contributed by atoms with van der Waals surface area (Å²) < 4.78 is 5.30. The predicted octanol–water partition coefficient (Wildman–Crippen LogP) is 0.352. The van der Waals surface area contributed by atoms with E-state index >= 15 is 0 Å². The Hall–Kier alpha value is -1.43. The molecule has 2 unspecified atom stereocenters. The van der Waals surface area contributed by atoms with Crippen LogP contribution in [0, 0.1) is 5.92 Å². The number of aliphatic hydroxyl groups excluding tert-OH is 1. The van der Waals surface area contributed by atoms with Crippen molar-refractivity contribution in [1.29, 1.82) is 0 Å². The van der Waals surface area contributed by atoms with Gasteiger partial charge in [-0.25, -0.2) is 0 Å². The molecule has 0 aromatic heterocycles. The number of likely N-dealkylation sites (N-methyl/N-ethyl adjacent to an activating group) is 1. The zero-order valence-electron chi connectivity index (χ0n) is 10.3. The highest BCUT2D eigenvalue weighted by Gasteiger charge is 2.32. The van der Waals surface area contributed by atoms with Gasteiger partial charge < -0.3 is 20.5 Å². The minimum absolute atomic E-state index is 0.00647. The molecule has 18 heavy (non-hydrogen) atoms. The lowest BCUT2D eigenvalue weighted by Crippen LogP contribution is -2.39. The van der Waals surface area contributed by atoms with Gasteiger partial charge in [0.15, 0.2) is 0 Å². The number of hydrogen-bond donors (Lipinski definition) is 3. The molecule has 1 aliphatic heterocycles. The Kier molecular flexibility index (Phi) is 4.30. The van der Waals surface area contributed by atoms with Crippen molar-refractivity contribution in [3.63, 3.8) is 0 Å². The quantitative estimate of drug-likeness (QED) is 0.721. The first-order chi connectivity index (χ1) is 8.74. The third-order valence-corrected chi connectivity index (χ3v) is 3.19. The van der Waals surface area contributed by atoms with Gasteiger partial charge in [0.25, 0.3) is 0 Å². The lowest BCUT2D eigenvalue weighted by molar-refractivity contribution is -0.120. The minimum atomic E-state index is -0.160. The maximum Gasteiger partial charge on any atom is 0.231 e. The number of anilines is 1. The van der Waals surface area contributed by atoms with Crippen molar-refractivity contribution in [3.8, 4) is 0 Å². The molecule has 2 atom stereocenters. The number of ether oxygens (including phenoxy) is 1. The number of carbonyl (C=O) groups is 1. The van der Waals surface area contributed by atoms with Crippen molar-refractivity contribution in [2.75, 3.05) is 25.6 Å². The van der Waals surface area contributed by atoms with Crippen LogP contribution in [0.2, 0.25) is 0 Å². The molecule has 1 fully saturated rings. The minimum Gasteiger partial charge on any atom is -0.392 e. The lowest BCUT2D eigenvalue weighted by Gasteiger charge is -2.16. The van der Waals surface area contributed by atoms with E-state index in [1.54, 1.807) is 24.3 Å². The monoisotopic (exact) mass is 250 g/mol. The molecular formula is C13H18N2O3. The summed E-state index contributed by atoms with van der Waals surface area (Å²) in [6.07, 6.45) is 0. The maximum absolute atomic E-state index is 12.1. The van der Waals surface area contributed by atoms with Crippen molar-refractivity contribution in [3.05, 3.63) is 29.8 Å². The van der Waals surface area contributed by atoms with Crippen LogP contribution in [0.25, 0.3) is 0 Å². The van der Waals surface area contributed by atoms with Gasteiger partial charge in [0.05, 0.1) is 25.7 Å². The number of carbonyl (C=O) groups excluding carboxylic acids is 1. The molecule has 1 aromatic rings. The fourth-order valence-electron chi connectivity index (χ4n) is 2.03. The lowest BCUT2D eigenvalue weighted by atomic mass is 10.0. The number of amides is 1. The number of benzene rings is 1. The van der Waals surface area contributed by atoms with Crippen LogP contribution in [0.15, 0.2) is 24.3 Å². The highest BCUT2D eigenvalue weighted by Crippen LogP contribution is 2.17. The van der Waals surface area contributed by atoms with Crippen LogP contribution in [-0.4, -0.2) is 37.3 Å². The highest BCUT2D eigenvalue weighted by atomic mass is 16.5. The molecule has 5 heteroatoms. The molecule has 1 saturated heterocycles. The maximum atomic E-state index is 12.1. The zero-order chi connectivity index (χ0) is 13.0. The molecule has 0 saturated carbocycles. The largest absolute Gasteiger partial charge is 0.392 e. The molecule has 98 valence electrons. The molecule has 3 N–H and O–H groups in total. The van der Waals surface area contributed by atoms with Crippen LogP contribution in [0.4, 0.5) is 5.69 Å². The van der Waals surface area contributed by atoms with E-state index < -0.39 is 0 Å². The summed E-state index contributed by atoms with van der Waals surface area (Å²) in [6, 6.07) is 7.22. The molecule has 1 aromatic carbocycles. The first-order valence-corrected chi connectivity index (χ1v) is 6.00. The van der Waals surface area contributed by atoms with E-state index in [0.29, 0.717) is 13.2 Å². The summed E-state index contributed by atoms with van der Waals surface area (Å²) in [7, 11) is 1.83. The van der Waals surface area contributed by atoms with Crippen molar-refractivity contribution < 1.29 is 14.6 Å². The fourth-order valence-corrected chi connectivity index (χ4v) is 2.03. The van der Waals surface area contributed by atoms with Crippen LogP contribution in [-0.2, 0) is 16.1 Å². The van der Waals surface area contributed by atoms with Gasteiger partial charge in [0.2, 0.25) is 5.91 Å². The van der Waals surface area contributed by atoms with Crippen molar-refractivity contribution in [1.82, 2.24) is 5.32 Å². The first-order valence-electron chi connectivity index (χ1n) is 6.00. The first kappa shape index (κ1) is 13.0. The van der Waals surface area contributed by atoms with Crippen LogP contribution >= 0.6 is 0 Å². The topological polar surface area (TPSA) is 70.6 Å². The van der Waals surface area contributed by atoms with E-state index in [4.69, 9.17) is 9.84 Å². The second kappa shape index (κ2) is 5.95. The van der Waals surface area contributed by atoms with E-state index in [1.165, 1.54) is 0 Å². The van der Waals surface area contributed by atoms with E-state index in [-0.39, 0.29) is 24.5 Å². The summed E-state index contributed by atoms with van der Waals surface area (Å²) in [5.74, 6) is -0.198. The Balaban J connectivity index is 1.97. The Morgan fingerprint density at radius 2 is 2.11 bits per heavy atom. The molecule has 0 bridgehead atoms. The molecule has 2 rings (SSSR count). The summed E-state index contributed by atoms with van der Waals surface area (Å²) in [4.78, 5) is 12.1. The standard InChI is InChI=1S/C13H18N2O3/c1-14-12-8-18-7-11(12)13(17)15-10-4-2-9(6-16)3-5-10/h2-5,11-12,14,16H,6-8H2,1H3,(H,15,17). The second-order valence-corrected chi connectivity index (χ2v) is 4.38. The Morgan fingerprint density at radius 1 is 1.39 bits per heavy atom. The van der Waals surface area contributed by atoms with Gasteiger partial charge in [-0.1, -0.05) is 12.1 Å². The molecule has 0 spiro atoms. The van der Waals surface area contributed by atoms with E-state index in [1.807, 2.05) is 7.05 Å². The number of rotatable bonds is 4. The summed E-state index contributed by atoms with van der Waals surface area (Å²) in [5.41, 5.74) is 1.56. The summed E-state index contributed by atoms with van der Waals surface area (Å²) in [6.45, 7) is 1.02. The Bertz CT molecular complexity index is 405. The fraction of sp³-hybridized carbons (Fsp3) is 0.462. The SMILES string of the molecule is CNC1COCC1C(=O)Nc1ccc(CO)cc1. The van der Waals surface area contributed by atoms with Gasteiger partial charge in [-0.15, -0.1) is 0 Å². The smallest absolute Gasteiger partial charge is 0.231 e. The van der Waals surface area contributed by atoms with E-state index in [2.05, 4.69) is 10.6 Å². The van der Waals surface area contributed by atoms with Gasteiger partial charge in [-0.3, -0.25) is 4.79 Å². The average Bonchev–Trinajstić information content (AvgIpc) is 2.88. The number of aliphatic hydroxyl groups is 1. The Morgan fingerprint density at radius 3 is 2.72 bits per heavy atom. The number of hydrogen-bond acceptors (Lipinski definition) is 4. The van der Waals surface area contributed by atoms with Crippen LogP contribution < -0.4 is 10.6 Å². The van der Waals surface area contributed by atoms with Gasteiger partial charge in [-0.05, 0) is 24.7 Å². The Labute approximate surface area is 106 Å². The average molecular weight is 250 g/mol. The van der Waals surface area contributed by atoms with E-state index in [9.17, 15) is 4.79 Å². The van der Waals surface area contributed by atoms with Crippen molar-refractivity contribution >= 4 is 11.6 Å². The van der Waals surface area contributed by atoms with Crippen LogP contribution in [0.3, 0.4) is 0 Å². The zero-order valence-corrected chi connectivity index (χ0v) is 10.3. The van der Waals surface area contributed by atoms with Gasteiger partial charge in [0, 0.05) is 11.7 Å². The van der Waals surface area contributed by atoms with Gasteiger partial charge >= 0.3 is 0 Å². The summed E-state index contributed by atoms with van der Waals surface area (Å²) >= 11 is 0. The second-order valence-electron chi connectivity index (χ2n) is 4.38. The summed E-state index contributed by atoms with van der Waals surface area (Å²) in [5, 5.41) is 14.9.